The number of hydrogen-bond donors (Lipinski definition) is 1. The van der Waals surface area contributed by atoms with E-state index >= 15 is 0 Å². The minimum atomic E-state index is 0.939. The lowest BCUT2D eigenvalue weighted by molar-refractivity contribution is 0.642. The molecule has 1 aromatic carbocycles. The van der Waals surface area contributed by atoms with Crippen molar-refractivity contribution in [3.05, 3.63) is 47.3 Å². The molecule has 0 aliphatic carbocycles. The molecule has 0 unspecified atom stereocenters. The first-order chi connectivity index (χ1) is 10.2. The van der Waals surface area contributed by atoms with Crippen molar-refractivity contribution in [2.24, 2.45) is 7.05 Å². The molecule has 0 bridgehead atoms. The zero-order chi connectivity index (χ0) is 14.7. The van der Waals surface area contributed by atoms with E-state index in [-0.39, 0.29) is 0 Å². The Morgan fingerprint density at radius 1 is 1.24 bits per heavy atom. The van der Waals surface area contributed by atoms with E-state index in [0.717, 1.165) is 19.5 Å². The second-order valence-corrected chi connectivity index (χ2v) is 5.86. The number of fused-ring (bicyclic) bond motifs is 1. The maximum atomic E-state index is 4.19. The van der Waals surface area contributed by atoms with Crippen LogP contribution in [0.15, 0.2) is 30.5 Å². The first-order valence-corrected chi connectivity index (χ1v) is 7.74. The van der Waals surface area contributed by atoms with E-state index in [9.17, 15) is 0 Å². The molecule has 2 heterocycles. The summed E-state index contributed by atoms with van der Waals surface area (Å²) in [7, 11) is 4.18. The lowest BCUT2D eigenvalue weighted by atomic mass is 9.99. The molecule has 1 N–H and O–H groups in total. The van der Waals surface area contributed by atoms with Crippen LogP contribution in [-0.4, -0.2) is 29.9 Å². The van der Waals surface area contributed by atoms with Crippen LogP contribution in [0.25, 0.3) is 0 Å². The number of nitrogens with one attached hydrogen (secondary N) is 1. The standard InChI is InChI=1S/C17H24N4/c1-20-11-3-4-15-12-14(5-6-17(15)20)13-18-9-7-16-8-10-19-21(16)2/h5-6,8,10,12,18H,3-4,7,9,11,13H2,1-2H3. The Bertz CT molecular complexity index is 603. The first-order valence-electron chi connectivity index (χ1n) is 7.74. The van der Waals surface area contributed by atoms with E-state index < -0.39 is 0 Å². The van der Waals surface area contributed by atoms with Crippen molar-refractivity contribution in [3.8, 4) is 0 Å². The van der Waals surface area contributed by atoms with Crippen molar-refractivity contribution in [1.29, 1.82) is 0 Å². The summed E-state index contributed by atoms with van der Waals surface area (Å²) in [4.78, 5) is 2.36. The van der Waals surface area contributed by atoms with Gasteiger partial charge >= 0.3 is 0 Å². The third-order valence-electron chi connectivity index (χ3n) is 4.30. The molecule has 0 radical (unpaired) electrons. The Balaban J connectivity index is 1.53. The van der Waals surface area contributed by atoms with Crippen LogP contribution < -0.4 is 10.2 Å². The molecule has 1 aliphatic heterocycles. The van der Waals surface area contributed by atoms with Crippen LogP contribution in [0.4, 0.5) is 5.69 Å². The number of nitrogens with zero attached hydrogens (tertiary/aromatic N) is 3. The summed E-state index contributed by atoms with van der Waals surface area (Å²) in [6.45, 7) is 3.10. The van der Waals surface area contributed by atoms with E-state index in [2.05, 4.69) is 46.6 Å². The SMILES string of the molecule is CN1CCCc2cc(CNCCc3ccnn3C)ccc21. The lowest BCUT2D eigenvalue weighted by Gasteiger charge is -2.27. The quantitative estimate of drug-likeness (QED) is 0.854. The number of hydrogen-bond acceptors (Lipinski definition) is 3. The number of aromatic nitrogens is 2. The van der Waals surface area contributed by atoms with Gasteiger partial charge in [0.1, 0.15) is 0 Å². The highest BCUT2D eigenvalue weighted by atomic mass is 15.3. The highest BCUT2D eigenvalue weighted by Crippen LogP contribution is 2.26. The van der Waals surface area contributed by atoms with Gasteiger partial charge in [-0.2, -0.15) is 5.10 Å². The van der Waals surface area contributed by atoms with E-state index in [1.165, 1.54) is 41.9 Å². The minimum Gasteiger partial charge on any atom is -0.374 e. The van der Waals surface area contributed by atoms with Gasteiger partial charge in [0.2, 0.25) is 0 Å². The largest absolute Gasteiger partial charge is 0.374 e. The normalized spacial score (nSPS) is 14.3. The van der Waals surface area contributed by atoms with Crippen molar-refractivity contribution in [2.45, 2.75) is 25.8 Å². The van der Waals surface area contributed by atoms with Crippen LogP contribution in [0.2, 0.25) is 0 Å². The summed E-state index contributed by atoms with van der Waals surface area (Å²) in [5, 5.41) is 7.72. The second kappa shape index (κ2) is 6.31. The second-order valence-electron chi connectivity index (χ2n) is 5.86. The van der Waals surface area contributed by atoms with E-state index in [4.69, 9.17) is 0 Å². The van der Waals surface area contributed by atoms with Gasteiger partial charge in [-0.15, -0.1) is 0 Å². The molecule has 0 spiro atoms. The van der Waals surface area contributed by atoms with Crippen LogP contribution in [0.3, 0.4) is 0 Å². The fourth-order valence-corrected chi connectivity index (χ4v) is 3.04. The fourth-order valence-electron chi connectivity index (χ4n) is 3.04. The fraction of sp³-hybridized carbons (Fsp3) is 0.471. The molecule has 0 saturated carbocycles. The molecular formula is C17H24N4. The predicted molar refractivity (Wildman–Crippen MR) is 86.7 cm³/mol. The maximum absolute atomic E-state index is 4.19. The monoisotopic (exact) mass is 284 g/mol. The minimum absolute atomic E-state index is 0.939. The molecule has 0 amide bonds. The number of benzene rings is 1. The molecular weight excluding hydrogens is 260 g/mol. The van der Waals surface area contributed by atoms with Crippen LogP contribution in [0, 0.1) is 0 Å². The zero-order valence-corrected chi connectivity index (χ0v) is 13.0. The van der Waals surface area contributed by atoms with Gasteiger partial charge < -0.3 is 10.2 Å². The van der Waals surface area contributed by atoms with Gasteiger partial charge in [-0.05, 0) is 36.1 Å². The highest BCUT2D eigenvalue weighted by molar-refractivity contribution is 5.56. The van der Waals surface area contributed by atoms with Gasteiger partial charge in [-0.3, -0.25) is 4.68 Å². The Morgan fingerprint density at radius 3 is 2.95 bits per heavy atom. The number of rotatable bonds is 5. The summed E-state index contributed by atoms with van der Waals surface area (Å²) in [6, 6.07) is 8.96. The van der Waals surface area contributed by atoms with Gasteiger partial charge in [-0.1, -0.05) is 12.1 Å². The maximum Gasteiger partial charge on any atom is 0.0492 e. The average molecular weight is 284 g/mol. The highest BCUT2D eigenvalue weighted by Gasteiger charge is 2.13. The molecule has 1 aliphatic rings. The van der Waals surface area contributed by atoms with Crippen LogP contribution in [0.1, 0.15) is 23.2 Å². The molecule has 4 nitrogen and oxygen atoms in total. The first kappa shape index (κ1) is 14.1. The zero-order valence-electron chi connectivity index (χ0n) is 13.0. The van der Waals surface area contributed by atoms with Gasteiger partial charge in [0, 0.05) is 57.7 Å². The summed E-state index contributed by atoms with van der Waals surface area (Å²) in [6.07, 6.45) is 5.35. The van der Waals surface area contributed by atoms with Crippen molar-refractivity contribution < 1.29 is 0 Å². The Kier molecular flexibility index (Phi) is 4.25. The molecule has 1 aromatic heterocycles. The van der Waals surface area contributed by atoms with Gasteiger partial charge in [-0.25, -0.2) is 0 Å². The van der Waals surface area contributed by atoms with Gasteiger partial charge in [0.15, 0.2) is 0 Å². The Hall–Kier alpha value is -1.81. The van der Waals surface area contributed by atoms with Crippen molar-refractivity contribution >= 4 is 5.69 Å². The predicted octanol–water partition coefficient (Wildman–Crippen LogP) is 2.13. The summed E-state index contributed by atoms with van der Waals surface area (Å²) in [5.74, 6) is 0. The number of aryl methyl sites for hydroxylation is 2. The Labute approximate surface area is 126 Å². The Morgan fingerprint density at radius 2 is 2.14 bits per heavy atom. The van der Waals surface area contributed by atoms with Crippen LogP contribution in [0.5, 0.6) is 0 Å². The van der Waals surface area contributed by atoms with Crippen LogP contribution in [-0.2, 0) is 26.4 Å². The molecule has 21 heavy (non-hydrogen) atoms. The third-order valence-corrected chi connectivity index (χ3v) is 4.30. The smallest absolute Gasteiger partial charge is 0.0492 e. The van der Waals surface area contributed by atoms with E-state index in [1.54, 1.807) is 0 Å². The summed E-state index contributed by atoms with van der Waals surface area (Å²) >= 11 is 0. The molecule has 0 saturated heterocycles. The summed E-state index contributed by atoms with van der Waals surface area (Å²) in [5.41, 5.74) is 5.55. The lowest BCUT2D eigenvalue weighted by Crippen LogP contribution is -2.25. The molecule has 112 valence electrons. The molecule has 4 heteroatoms. The molecule has 3 rings (SSSR count). The average Bonchev–Trinajstić information content (AvgIpc) is 2.89. The third kappa shape index (κ3) is 3.27. The van der Waals surface area contributed by atoms with Crippen molar-refractivity contribution in [3.63, 3.8) is 0 Å². The number of anilines is 1. The summed E-state index contributed by atoms with van der Waals surface area (Å²) < 4.78 is 1.94. The van der Waals surface area contributed by atoms with Gasteiger partial charge in [0.05, 0.1) is 0 Å². The molecule has 0 atom stereocenters. The topological polar surface area (TPSA) is 33.1 Å². The van der Waals surface area contributed by atoms with Gasteiger partial charge in [0.25, 0.3) is 0 Å². The van der Waals surface area contributed by atoms with Crippen molar-refractivity contribution in [1.82, 2.24) is 15.1 Å². The molecule has 2 aromatic rings. The van der Waals surface area contributed by atoms with Crippen molar-refractivity contribution in [2.75, 3.05) is 25.0 Å². The molecule has 0 fully saturated rings. The van der Waals surface area contributed by atoms with E-state index in [1.807, 2.05) is 17.9 Å². The van der Waals surface area contributed by atoms with E-state index in [0.29, 0.717) is 0 Å². The van der Waals surface area contributed by atoms with Crippen LogP contribution >= 0.6 is 0 Å².